The highest BCUT2D eigenvalue weighted by atomic mass is 35.5. The van der Waals surface area contributed by atoms with Crippen LogP contribution in [0.5, 0.6) is 11.5 Å². The first-order chi connectivity index (χ1) is 13.3. The molecule has 0 heterocycles. The molecule has 0 fully saturated rings. The maximum Gasteiger partial charge on any atom is 0.339 e. The number of rotatable bonds is 8. The lowest BCUT2D eigenvalue weighted by Crippen LogP contribution is -2.15. The lowest BCUT2D eigenvalue weighted by Gasteiger charge is -2.12. The average molecular weight is 406 g/mol. The number of Topliss-reactive ketones (excluding diaryl/α,β-unsaturated/α-hetero) is 1. The molecule has 0 aliphatic rings. The van der Waals surface area contributed by atoms with E-state index in [1.54, 1.807) is 12.1 Å². The number of halogens is 1. The first-order valence-corrected chi connectivity index (χ1v) is 8.73. The number of amides is 1. The number of aryl methyl sites for hydroxylation is 1. The van der Waals surface area contributed by atoms with Crippen molar-refractivity contribution in [3.63, 3.8) is 0 Å². The molecule has 28 heavy (non-hydrogen) atoms. The third-order valence-corrected chi connectivity index (χ3v) is 4.34. The van der Waals surface area contributed by atoms with Crippen LogP contribution in [0.2, 0.25) is 5.02 Å². The predicted molar refractivity (Wildman–Crippen MR) is 105 cm³/mol. The molecular weight excluding hydrogens is 386 g/mol. The molecule has 0 saturated heterocycles. The normalized spacial score (nSPS) is 10.3. The average Bonchev–Trinajstić information content (AvgIpc) is 2.67. The van der Waals surface area contributed by atoms with Crippen LogP contribution in [-0.4, -0.2) is 37.0 Å². The van der Waals surface area contributed by atoms with Gasteiger partial charge in [0.15, 0.2) is 5.78 Å². The van der Waals surface area contributed by atoms with Crippen molar-refractivity contribution in [3.05, 3.63) is 52.0 Å². The van der Waals surface area contributed by atoms with Gasteiger partial charge < -0.3 is 19.9 Å². The van der Waals surface area contributed by atoms with Crippen LogP contribution in [0.15, 0.2) is 30.3 Å². The van der Waals surface area contributed by atoms with Gasteiger partial charge in [0.25, 0.3) is 0 Å². The van der Waals surface area contributed by atoms with Crippen molar-refractivity contribution in [2.24, 2.45) is 0 Å². The van der Waals surface area contributed by atoms with Crippen molar-refractivity contribution in [2.45, 2.75) is 19.8 Å². The molecule has 0 atom stereocenters. The van der Waals surface area contributed by atoms with E-state index in [1.165, 1.54) is 26.4 Å². The van der Waals surface area contributed by atoms with Crippen LogP contribution in [0.25, 0.3) is 0 Å². The first kappa shape index (κ1) is 21.2. The number of carboxylic acids is 1. The number of anilines is 1. The van der Waals surface area contributed by atoms with Crippen molar-refractivity contribution in [1.82, 2.24) is 0 Å². The van der Waals surface area contributed by atoms with Crippen LogP contribution in [0, 0.1) is 6.92 Å². The number of carbonyl (C=O) groups excluding carboxylic acids is 2. The monoisotopic (exact) mass is 405 g/mol. The van der Waals surface area contributed by atoms with Crippen molar-refractivity contribution in [1.29, 1.82) is 0 Å². The second-order valence-corrected chi connectivity index (χ2v) is 6.42. The summed E-state index contributed by atoms with van der Waals surface area (Å²) in [6, 6.07) is 7.78. The number of hydrogen-bond acceptors (Lipinski definition) is 5. The molecular formula is C20H20ClNO6. The van der Waals surface area contributed by atoms with E-state index in [9.17, 15) is 14.4 Å². The summed E-state index contributed by atoms with van der Waals surface area (Å²) < 4.78 is 10.2. The number of ketones is 1. The Bertz CT molecular complexity index is 925. The minimum Gasteiger partial charge on any atom is -0.496 e. The fourth-order valence-corrected chi connectivity index (χ4v) is 2.81. The Labute approximate surface area is 167 Å². The number of ether oxygens (including phenoxy) is 2. The summed E-state index contributed by atoms with van der Waals surface area (Å²) in [6.07, 6.45) is -0.0944. The number of methoxy groups -OCH3 is 2. The van der Waals surface area contributed by atoms with Gasteiger partial charge in [0.1, 0.15) is 17.1 Å². The van der Waals surface area contributed by atoms with Crippen LogP contribution >= 0.6 is 11.6 Å². The van der Waals surface area contributed by atoms with Crippen molar-refractivity contribution < 1.29 is 29.0 Å². The van der Waals surface area contributed by atoms with E-state index in [0.717, 1.165) is 5.56 Å². The molecule has 8 heteroatoms. The van der Waals surface area contributed by atoms with E-state index in [1.807, 2.05) is 13.0 Å². The number of carboxylic acid groups (broad SMARTS) is 1. The first-order valence-electron chi connectivity index (χ1n) is 8.35. The fraction of sp³-hybridized carbons (Fsp3) is 0.250. The molecule has 0 bridgehead atoms. The quantitative estimate of drug-likeness (QED) is 0.644. The summed E-state index contributed by atoms with van der Waals surface area (Å²) in [4.78, 5) is 35.9. The third-order valence-electron chi connectivity index (χ3n) is 4.03. The summed E-state index contributed by atoms with van der Waals surface area (Å²) in [5, 5.41) is 11.8. The summed E-state index contributed by atoms with van der Waals surface area (Å²) in [7, 11) is 2.79. The van der Waals surface area contributed by atoms with Gasteiger partial charge in [-0.3, -0.25) is 9.59 Å². The minimum atomic E-state index is -1.20. The third kappa shape index (κ3) is 5.01. The second kappa shape index (κ2) is 9.23. The highest BCUT2D eigenvalue weighted by molar-refractivity contribution is 6.34. The molecule has 2 aromatic rings. The van der Waals surface area contributed by atoms with Crippen LogP contribution < -0.4 is 14.8 Å². The molecule has 2 aromatic carbocycles. The highest BCUT2D eigenvalue weighted by Gasteiger charge is 2.18. The zero-order chi connectivity index (χ0) is 20.8. The van der Waals surface area contributed by atoms with Gasteiger partial charge in [-0.15, -0.1) is 0 Å². The molecule has 2 rings (SSSR count). The molecule has 0 aliphatic carbocycles. The molecule has 1 amide bonds. The predicted octanol–water partition coefficient (Wildman–Crippen LogP) is 3.97. The summed E-state index contributed by atoms with van der Waals surface area (Å²) in [6.45, 7) is 1.86. The van der Waals surface area contributed by atoms with Crippen molar-refractivity contribution in [2.75, 3.05) is 19.5 Å². The topological polar surface area (TPSA) is 102 Å². The maximum atomic E-state index is 12.4. The van der Waals surface area contributed by atoms with Gasteiger partial charge in [-0.25, -0.2) is 4.79 Å². The van der Waals surface area contributed by atoms with Crippen molar-refractivity contribution in [3.8, 4) is 11.5 Å². The smallest absolute Gasteiger partial charge is 0.339 e. The van der Waals surface area contributed by atoms with Gasteiger partial charge in [0.2, 0.25) is 5.91 Å². The van der Waals surface area contributed by atoms with Gasteiger partial charge in [-0.05, 0) is 25.1 Å². The number of hydrogen-bond donors (Lipinski definition) is 2. The maximum absolute atomic E-state index is 12.4. The van der Waals surface area contributed by atoms with Crippen LogP contribution in [0.1, 0.15) is 39.1 Å². The summed E-state index contributed by atoms with van der Waals surface area (Å²) in [5.41, 5.74) is 1.41. The molecule has 148 valence electrons. The van der Waals surface area contributed by atoms with Crippen LogP contribution in [-0.2, 0) is 4.79 Å². The molecule has 7 nitrogen and oxygen atoms in total. The Hall–Kier alpha value is -3.06. The molecule has 0 unspecified atom stereocenters. The molecule has 0 radical (unpaired) electrons. The highest BCUT2D eigenvalue weighted by Crippen LogP contribution is 2.31. The zero-order valence-corrected chi connectivity index (χ0v) is 16.4. The number of benzene rings is 2. The Kier molecular flexibility index (Phi) is 7.00. The Morgan fingerprint density at radius 3 is 2.29 bits per heavy atom. The molecule has 0 saturated carbocycles. The van der Waals surface area contributed by atoms with Crippen LogP contribution in [0.4, 0.5) is 5.69 Å². The van der Waals surface area contributed by atoms with Gasteiger partial charge in [-0.1, -0.05) is 23.2 Å². The van der Waals surface area contributed by atoms with Gasteiger partial charge in [0, 0.05) is 18.9 Å². The Balaban J connectivity index is 2.08. The largest absolute Gasteiger partial charge is 0.496 e. The van der Waals surface area contributed by atoms with E-state index >= 15 is 0 Å². The summed E-state index contributed by atoms with van der Waals surface area (Å²) in [5.74, 6) is -1.34. The Morgan fingerprint density at radius 1 is 1.00 bits per heavy atom. The van der Waals surface area contributed by atoms with Gasteiger partial charge in [0.05, 0.1) is 30.5 Å². The molecule has 0 aromatic heterocycles. The Morgan fingerprint density at radius 2 is 1.68 bits per heavy atom. The lowest BCUT2D eigenvalue weighted by molar-refractivity contribution is -0.116. The minimum absolute atomic E-state index is 0.0202. The van der Waals surface area contributed by atoms with E-state index in [2.05, 4.69) is 5.32 Å². The lowest BCUT2D eigenvalue weighted by atomic mass is 10.0. The zero-order valence-electron chi connectivity index (χ0n) is 15.7. The van der Waals surface area contributed by atoms with Crippen LogP contribution in [0.3, 0.4) is 0 Å². The number of aromatic carboxylic acids is 1. The van der Waals surface area contributed by atoms with E-state index in [4.69, 9.17) is 26.2 Å². The number of nitrogens with one attached hydrogen (secondary N) is 1. The fourth-order valence-electron chi connectivity index (χ4n) is 2.60. The van der Waals surface area contributed by atoms with E-state index < -0.39 is 11.9 Å². The van der Waals surface area contributed by atoms with E-state index in [0.29, 0.717) is 11.3 Å². The summed E-state index contributed by atoms with van der Waals surface area (Å²) >= 11 is 6.05. The standard InChI is InChI=1S/C20H20ClNO6/c1-11-4-6-17(27-2)12(8-11)16(23)5-7-19(24)22-15-10-18(28-3)13(20(25)26)9-14(15)21/h4,6,8-10H,5,7H2,1-3H3,(H,22,24)(H,25,26). The number of carbonyl (C=O) groups is 3. The molecule has 0 spiro atoms. The van der Waals surface area contributed by atoms with Gasteiger partial charge >= 0.3 is 5.97 Å². The SMILES string of the molecule is COc1cc(NC(=O)CCC(=O)c2cc(C)ccc2OC)c(Cl)cc1C(=O)O. The van der Waals surface area contributed by atoms with Crippen molar-refractivity contribution >= 4 is 34.9 Å². The van der Waals surface area contributed by atoms with E-state index in [-0.39, 0.29) is 40.6 Å². The second-order valence-electron chi connectivity index (χ2n) is 6.01. The van der Waals surface area contributed by atoms with Gasteiger partial charge in [-0.2, -0.15) is 0 Å². The molecule has 0 aliphatic heterocycles. The molecule has 2 N–H and O–H groups in total.